The van der Waals surface area contributed by atoms with Crippen LogP contribution in [0.1, 0.15) is 23.2 Å². The van der Waals surface area contributed by atoms with Gasteiger partial charge in [-0.3, -0.25) is 4.79 Å². The maximum absolute atomic E-state index is 11.9. The fraction of sp³-hybridized carbons (Fsp3) is 0.385. The lowest BCUT2D eigenvalue weighted by atomic mass is 10.1. The molecule has 5 nitrogen and oxygen atoms in total. The van der Waals surface area contributed by atoms with E-state index in [1.165, 1.54) is 7.11 Å². The van der Waals surface area contributed by atoms with Crippen molar-refractivity contribution in [3.63, 3.8) is 0 Å². The second-order valence-electron chi connectivity index (χ2n) is 3.85. The van der Waals surface area contributed by atoms with E-state index in [0.717, 1.165) is 0 Å². The molecule has 0 bridgehead atoms. The van der Waals surface area contributed by atoms with E-state index in [9.17, 15) is 9.59 Å². The van der Waals surface area contributed by atoms with Crippen LogP contribution in [0, 0.1) is 0 Å². The van der Waals surface area contributed by atoms with Crippen molar-refractivity contribution in [2.45, 2.75) is 18.9 Å². The number of carbonyl (C=O) groups excluding carboxylic acids is 2. The van der Waals surface area contributed by atoms with Gasteiger partial charge >= 0.3 is 5.97 Å². The third-order valence-corrected chi connectivity index (χ3v) is 2.52. The maximum atomic E-state index is 11.9. The Morgan fingerprint density at radius 1 is 1.33 bits per heavy atom. The van der Waals surface area contributed by atoms with Gasteiger partial charge in [-0.2, -0.15) is 0 Å². The Balaban J connectivity index is 2.65. The van der Waals surface area contributed by atoms with E-state index in [0.29, 0.717) is 24.9 Å². The zero-order valence-electron chi connectivity index (χ0n) is 10.4. The number of ether oxygens (including phenoxy) is 1. The molecular formula is C13H18N2O3. The highest BCUT2D eigenvalue weighted by Gasteiger charge is 2.21. The Morgan fingerprint density at radius 3 is 2.56 bits per heavy atom. The molecule has 1 amide bonds. The molecule has 18 heavy (non-hydrogen) atoms. The minimum absolute atomic E-state index is 0.289. The van der Waals surface area contributed by atoms with Crippen LogP contribution < -0.4 is 11.1 Å². The first kappa shape index (κ1) is 14.2. The molecule has 0 aromatic heterocycles. The van der Waals surface area contributed by atoms with Gasteiger partial charge in [0, 0.05) is 5.56 Å². The number of esters is 1. The summed E-state index contributed by atoms with van der Waals surface area (Å²) >= 11 is 0. The van der Waals surface area contributed by atoms with E-state index in [1.54, 1.807) is 24.3 Å². The van der Waals surface area contributed by atoms with E-state index in [-0.39, 0.29) is 5.91 Å². The minimum Gasteiger partial charge on any atom is -0.467 e. The smallest absolute Gasteiger partial charge is 0.328 e. The average Bonchev–Trinajstić information content (AvgIpc) is 2.43. The Bertz CT molecular complexity index is 392. The summed E-state index contributed by atoms with van der Waals surface area (Å²) < 4.78 is 4.65. The molecule has 5 heteroatoms. The van der Waals surface area contributed by atoms with Crippen LogP contribution in [0.15, 0.2) is 30.3 Å². The summed E-state index contributed by atoms with van der Waals surface area (Å²) in [5, 5.41) is 2.65. The highest BCUT2D eigenvalue weighted by molar-refractivity contribution is 5.96. The molecule has 0 radical (unpaired) electrons. The van der Waals surface area contributed by atoms with Crippen molar-refractivity contribution in [2.75, 3.05) is 13.7 Å². The zero-order chi connectivity index (χ0) is 13.4. The lowest BCUT2D eigenvalue weighted by Crippen LogP contribution is -2.41. The van der Waals surface area contributed by atoms with Gasteiger partial charge < -0.3 is 15.8 Å². The summed E-state index contributed by atoms with van der Waals surface area (Å²) in [5.74, 6) is -0.740. The molecule has 0 heterocycles. The quantitative estimate of drug-likeness (QED) is 0.728. The number of methoxy groups -OCH3 is 1. The largest absolute Gasteiger partial charge is 0.467 e. The van der Waals surface area contributed by atoms with E-state index < -0.39 is 12.0 Å². The highest BCUT2D eigenvalue weighted by Crippen LogP contribution is 2.03. The molecular weight excluding hydrogens is 232 g/mol. The van der Waals surface area contributed by atoms with Crippen LogP contribution in [0.3, 0.4) is 0 Å². The first-order valence-electron chi connectivity index (χ1n) is 5.83. The van der Waals surface area contributed by atoms with Crippen molar-refractivity contribution >= 4 is 11.9 Å². The van der Waals surface area contributed by atoms with Crippen LogP contribution >= 0.6 is 0 Å². The number of benzene rings is 1. The second kappa shape index (κ2) is 7.45. The Morgan fingerprint density at radius 2 is 2.00 bits per heavy atom. The van der Waals surface area contributed by atoms with Crippen LogP contribution in [0.4, 0.5) is 0 Å². The molecule has 0 aliphatic rings. The lowest BCUT2D eigenvalue weighted by molar-refractivity contribution is -0.143. The molecule has 1 rings (SSSR count). The van der Waals surface area contributed by atoms with Crippen LogP contribution in [-0.2, 0) is 9.53 Å². The van der Waals surface area contributed by atoms with Gasteiger partial charge in [-0.05, 0) is 31.5 Å². The third kappa shape index (κ3) is 4.18. The van der Waals surface area contributed by atoms with Crippen molar-refractivity contribution in [3.05, 3.63) is 35.9 Å². The topological polar surface area (TPSA) is 81.4 Å². The van der Waals surface area contributed by atoms with Gasteiger partial charge in [0.05, 0.1) is 7.11 Å². The first-order chi connectivity index (χ1) is 8.69. The fourth-order valence-electron chi connectivity index (χ4n) is 1.54. The molecule has 1 aromatic carbocycles. The molecule has 0 aliphatic carbocycles. The fourth-order valence-corrected chi connectivity index (χ4v) is 1.54. The second-order valence-corrected chi connectivity index (χ2v) is 3.85. The van der Waals surface area contributed by atoms with Crippen molar-refractivity contribution in [1.29, 1.82) is 0 Å². The number of hydrogen-bond donors (Lipinski definition) is 2. The Labute approximate surface area is 106 Å². The molecule has 1 atom stereocenters. The van der Waals surface area contributed by atoms with Gasteiger partial charge in [-0.15, -0.1) is 0 Å². The molecule has 0 fully saturated rings. The Hall–Kier alpha value is -1.88. The van der Waals surface area contributed by atoms with E-state index in [4.69, 9.17) is 5.73 Å². The number of hydrogen-bond acceptors (Lipinski definition) is 4. The summed E-state index contributed by atoms with van der Waals surface area (Å²) in [6.07, 6.45) is 1.12. The van der Waals surface area contributed by atoms with Crippen LogP contribution in [0.2, 0.25) is 0 Å². The number of nitrogens with one attached hydrogen (secondary N) is 1. The molecule has 98 valence electrons. The van der Waals surface area contributed by atoms with Gasteiger partial charge in [0.15, 0.2) is 0 Å². The summed E-state index contributed by atoms with van der Waals surface area (Å²) in [5.41, 5.74) is 5.91. The van der Waals surface area contributed by atoms with Gasteiger partial charge in [0.2, 0.25) is 0 Å². The summed E-state index contributed by atoms with van der Waals surface area (Å²) in [6, 6.07) is 8.08. The van der Waals surface area contributed by atoms with Crippen LogP contribution in [0.25, 0.3) is 0 Å². The summed E-state index contributed by atoms with van der Waals surface area (Å²) in [6.45, 7) is 0.467. The van der Waals surface area contributed by atoms with Crippen LogP contribution in [-0.4, -0.2) is 31.6 Å². The molecule has 3 N–H and O–H groups in total. The van der Waals surface area contributed by atoms with Crippen molar-refractivity contribution in [2.24, 2.45) is 5.73 Å². The standard InChI is InChI=1S/C13H18N2O3/c1-18-13(17)11(8-5-9-14)15-12(16)10-6-3-2-4-7-10/h2-4,6-7,11H,5,8-9,14H2,1H3,(H,15,16). The molecule has 1 unspecified atom stereocenters. The maximum Gasteiger partial charge on any atom is 0.328 e. The number of carbonyl (C=O) groups is 2. The number of rotatable bonds is 6. The first-order valence-corrected chi connectivity index (χ1v) is 5.83. The highest BCUT2D eigenvalue weighted by atomic mass is 16.5. The number of nitrogens with two attached hydrogens (primary N) is 1. The van der Waals surface area contributed by atoms with Crippen molar-refractivity contribution < 1.29 is 14.3 Å². The van der Waals surface area contributed by atoms with Gasteiger partial charge in [0.25, 0.3) is 5.91 Å². The monoisotopic (exact) mass is 250 g/mol. The number of amides is 1. The van der Waals surface area contributed by atoms with Crippen molar-refractivity contribution in [3.8, 4) is 0 Å². The molecule has 0 saturated heterocycles. The SMILES string of the molecule is COC(=O)C(CCCN)NC(=O)c1ccccc1. The minimum atomic E-state index is -0.647. The summed E-state index contributed by atoms with van der Waals surface area (Å²) in [4.78, 5) is 23.4. The van der Waals surface area contributed by atoms with Gasteiger partial charge in [-0.1, -0.05) is 18.2 Å². The van der Waals surface area contributed by atoms with E-state index >= 15 is 0 Å². The molecule has 0 saturated carbocycles. The van der Waals surface area contributed by atoms with Crippen LogP contribution in [0.5, 0.6) is 0 Å². The molecule has 0 spiro atoms. The van der Waals surface area contributed by atoms with Gasteiger partial charge in [-0.25, -0.2) is 4.79 Å². The van der Waals surface area contributed by atoms with E-state index in [2.05, 4.69) is 10.1 Å². The zero-order valence-corrected chi connectivity index (χ0v) is 10.4. The summed E-state index contributed by atoms with van der Waals surface area (Å²) in [7, 11) is 1.30. The average molecular weight is 250 g/mol. The lowest BCUT2D eigenvalue weighted by Gasteiger charge is -2.16. The van der Waals surface area contributed by atoms with E-state index in [1.807, 2.05) is 6.07 Å². The molecule has 1 aromatic rings. The predicted octanol–water partition coefficient (Wildman–Crippen LogP) is 0.697. The molecule has 0 aliphatic heterocycles. The third-order valence-electron chi connectivity index (χ3n) is 2.52. The normalized spacial score (nSPS) is 11.7. The Kier molecular flexibility index (Phi) is 5.87. The van der Waals surface area contributed by atoms with Crippen molar-refractivity contribution in [1.82, 2.24) is 5.32 Å². The predicted molar refractivity (Wildman–Crippen MR) is 68.0 cm³/mol. The van der Waals surface area contributed by atoms with Gasteiger partial charge in [0.1, 0.15) is 6.04 Å².